The summed E-state index contributed by atoms with van der Waals surface area (Å²) >= 11 is 0. The number of rotatable bonds is 3. The lowest BCUT2D eigenvalue weighted by molar-refractivity contribution is 0.211. The quantitative estimate of drug-likeness (QED) is 0.795. The molecule has 1 fully saturated rings. The van der Waals surface area contributed by atoms with Crippen LogP contribution in [0.2, 0.25) is 0 Å². The first-order valence-corrected chi connectivity index (χ1v) is 5.68. The summed E-state index contributed by atoms with van der Waals surface area (Å²) in [4.78, 5) is 0. The van der Waals surface area contributed by atoms with E-state index >= 15 is 0 Å². The third-order valence-corrected chi connectivity index (χ3v) is 3.34. The Morgan fingerprint density at radius 3 is 2.67 bits per heavy atom. The van der Waals surface area contributed by atoms with Gasteiger partial charge < -0.3 is 10.4 Å². The van der Waals surface area contributed by atoms with Crippen molar-refractivity contribution in [3.63, 3.8) is 0 Å². The Kier molecular flexibility index (Phi) is 2.96. The molecule has 0 aliphatic heterocycles. The van der Waals surface area contributed by atoms with Gasteiger partial charge in [-0.1, -0.05) is 25.1 Å². The second kappa shape index (κ2) is 4.23. The molecule has 2 N–H and O–H groups in total. The Hall–Kier alpha value is -1.02. The van der Waals surface area contributed by atoms with Gasteiger partial charge in [0.1, 0.15) is 0 Å². The van der Waals surface area contributed by atoms with E-state index in [-0.39, 0.29) is 12.1 Å². The molecule has 0 spiro atoms. The fourth-order valence-electron chi connectivity index (χ4n) is 2.52. The monoisotopic (exact) mass is 205 g/mol. The lowest BCUT2D eigenvalue weighted by atomic mass is 9.97. The van der Waals surface area contributed by atoms with Gasteiger partial charge in [0.2, 0.25) is 0 Å². The first-order valence-electron chi connectivity index (χ1n) is 5.68. The van der Waals surface area contributed by atoms with Gasteiger partial charge in [0, 0.05) is 5.69 Å². The van der Waals surface area contributed by atoms with Crippen LogP contribution in [0.1, 0.15) is 26.2 Å². The van der Waals surface area contributed by atoms with Gasteiger partial charge in [-0.25, -0.2) is 0 Å². The second-order valence-corrected chi connectivity index (χ2v) is 4.78. The maximum Gasteiger partial charge on any atom is 0.0661 e. The number of anilines is 1. The SMILES string of the molecule is CC1CCC(CO)(Nc2ccccc2)C1. The number of hydrogen-bond donors (Lipinski definition) is 2. The number of aliphatic hydroxyl groups is 1. The van der Waals surface area contributed by atoms with Gasteiger partial charge in [-0.2, -0.15) is 0 Å². The molecule has 0 radical (unpaired) electrons. The van der Waals surface area contributed by atoms with Crippen molar-refractivity contribution in [2.45, 2.75) is 31.7 Å². The zero-order chi connectivity index (χ0) is 10.7. The van der Waals surface area contributed by atoms with Crippen LogP contribution in [-0.2, 0) is 0 Å². The number of aliphatic hydroxyl groups excluding tert-OH is 1. The fraction of sp³-hybridized carbons (Fsp3) is 0.538. The second-order valence-electron chi connectivity index (χ2n) is 4.78. The molecule has 1 saturated carbocycles. The van der Waals surface area contributed by atoms with E-state index in [4.69, 9.17) is 0 Å². The number of benzene rings is 1. The van der Waals surface area contributed by atoms with Gasteiger partial charge in [0.15, 0.2) is 0 Å². The molecule has 0 bridgehead atoms. The summed E-state index contributed by atoms with van der Waals surface area (Å²) in [7, 11) is 0. The Balaban J connectivity index is 2.09. The van der Waals surface area contributed by atoms with Crippen molar-refractivity contribution in [3.05, 3.63) is 30.3 Å². The summed E-state index contributed by atoms with van der Waals surface area (Å²) in [6.45, 7) is 2.48. The first kappa shape index (κ1) is 10.5. The molecule has 1 aromatic rings. The lowest BCUT2D eigenvalue weighted by Crippen LogP contribution is -2.39. The van der Waals surface area contributed by atoms with Crippen LogP contribution in [0.25, 0.3) is 0 Å². The van der Waals surface area contributed by atoms with Crippen LogP contribution in [0.5, 0.6) is 0 Å². The highest BCUT2D eigenvalue weighted by Crippen LogP contribution is 2.36. The molecule has 0 heterocycles. The summed E-state index contributed by atoms with van der Waals surface area (Å²) in [5.41, 5.74) is 1.03. The normalized spacial score (nSPS) is 30.4. The molecule has 2 unspecified atom stereocenters. The highest BCUT2D eigenvalue weighted by Gasteiger charge is 2.36. The number of nitrogens with one attached hydrogen (secondary N) is 1. The van der Waals surface area contributed by atoms with E-state index in [9.17, 15) is 5.11 Å². The molecule has 2 nitrogen and oxygen atoms in total. The van der Waals surface area contributed by atoms with Gasteiger partial charge in [-0.15, -0.1) is 0 Å². The first-order chi connectivity index (χ1) is 7.24. The van der Waals surface area contributed by atoms with Gasteiger partial charge in [-0.3, -0.25) is 0 Å². The van der Waals surface area contributed by atoms with Crippen LogP contribution >= 0.6 is 0 Å². The average Bonchev–Trinajstić information content (AvgIpc) is 2.62. The minimum atomic E-state index is -0.0826. The predicted molar refractivity (Wildman–Crippen MR) is 62.9 cm³/mol. The van der Waals surface area contributed by atoms with E-state index in [0.717, 1.165) is 18.5 Å². The largest absolute Gasteiger partial charge is 0.394 e. The Morgan fingerprint density at radius 1 is 1.40 bits per heavy atom. The number of hydrogen-bond acceptors (Lipinski definition) is 2. The molecule has 1 aliphatic rings. The molecular formula is C13H19NO. The van der Waals surface area contributed by atoms with Gasteiger partial charge in [-0.05, 0) is 37.3 Å². The van der Waals surface area contributed by atoms with Crippen molar-refractivity contribution in [1.29, 1.82) is 0 Å². The Morgan fingerprint density at radius 2 is 2.13 bits per heavy atom. The van der Waals surface area contributed by atoms with Crippen LogP contribution in [-0.4, -0.2) is 17.3 Å². The van der Waals surface area contributed by atoms with E-state index in [0.29, 0.717) is 5.92 Å². The van der Waals surface area contributed by atoms with E-state index in [1.807, 2.05) is 18.2 Å². The molecule has 2 heteroatoms. The van der Waals surface area contributed by atoms with Crippen molar-refractivity contribution in [2.24, 2.45) is 5.92 Å². The Bertz CT molecular complexity index is 312. The maximum atomic E-state index is 9.53. The predicted octanol–water partition coefficient (Wildman–Crippen LogP) is 2.65. The molecule has 2 atom stereocenters. The van der Waals surface area contributed by atoms with Crippen molar-refractivity contribution >= 4 is 5.69 Å². The van der Waals surface area contributed by atoms with Crippen LogP contribution in [0.3, 0.4) is 0 Å². The molecule has 1 aromatic carbocycles. The fourth-order valence-corrected chi connectivity index (χ4v) is 2.52. The molecule has 2 rings (SSSR count). The summed E-state index contributed by atoms with van der Waals surface area (Å²) < 4.78 is 0. The van der Waals surface area contributed by atoms with E-state index in [1.54, 1.807) is 0 Å². The van der Waals surface area contributed by atoms with Crippen LogP contribution in [0.15, 0.2) is 30.3 Å². The highest BCUT2D eigenvalue weighted by molar-refractivity contribution is 5.45. The maximum absolute atomic E-state index is 9.53. The van der Waals surface area contributed by atoms with Gasteiger partial charge >= 0.3 is 0 Å². The van der Waals surface area contributed by atoms with Crippen molar-refractivity contribution < 1.29 is 5.11 Å². The topological polar surface area (TPSA) is 32.3 Å². The summed E-state index contributed by atoms with van der Waals surface area (Å²) in [5.74, 6) is 0.716. The molecule has 0 saturated heterocycles. The number of para-hydroxylation sites is 1. The standard InChI is InChI=1S/C13H19NO/c1-11-7-8-13(9-11,10-15)14-12-5-3-2-4-6-12/h2-6,11,14-15H,7-10H2,1H3. The van der Waals surface area contributed by atoms with E-state index < -0.39 is 0 Å². The average molecular weight is 205 g/mol. The van der Waals surface area contributed by atoms with Crippen LogP contribution < -0.4 is 5.32 Å². The van der Waals surface area contributed by atoms with Crippen molar-refractivity contribution in [3.8, 4) is 0 Å². The zero-order valence-corrected chi connectivity index (χ0v) is 9.24. The molecule has 0 amide bonds. The molecule has 82 valence electrons. The smallest absolute Gasteiger partial charge is 0.0661 e. The van der Waals surface area contributed by atoms with Crippen molar-refractivity contribution in [2.75, 3.05) is 11.9 Å². The molecule has 0 aromatic heterocycles. The van der Waals surface area contributed by atoms with E-state index in [1.165, 1.54) is 6.42 Å². The summed E-state index contributed by atoms with van der Waals surface area (Å²) in [6.07, 6.45) is 3.35. The lowest BCUT2D eigenvalue weighted by Gasteiger charge is -2.29. The van der Waals surface area contributed by atoms with Gasteiger partial charge in [0.05, 0.1) is 12.1 Å². The minimum absolute atomic E-state index is 0.0826. The third-order valence-electron chi connectivity index (χ3n) is 3.34. The summed E-state index contributed by atoms with van der Waals surface area (Å²) in [6, 6.07) is 10.2. The van der Waals surface area contributed by atoms with Gasteiger partial charge in [0.25, 0.3) is 0 Å². The molecule has 15 heavy (non-hydrogen) atoms. The minimum Gasteiger partial charge on any atom is -0.394 e. The van der Waals surface area contributed by atoms with Crippen LogP contribution in [0, 0.1) is 5.92 Å². The highest BCUT2D eigenvalue weighted by atomic mass is 16.3. The zero-order valence-electron chi connectivity index (χ0n) is 9.24. The summed E-state index contributed by atoms with van der Waals surface area (Å²) in [5, 5.41) is 13.0. The Labute approximate surface area is 91.3 Å². The molecular weight excluding hydrogens is 186 g/mol. The molecule has 1 aliphatic carbocycles. The van der Waals surface area contributed by atoms with Crippen LogP contribution in [0.4, 0.5) is 5.69 Å². The third kappa shape index (κ3) is 2.32. The van der Waals surface area contributed by atoms with Crippen molar-refractivity contribution in [1.82, 2.24) is 0 Å². The van der Waals surface area contributed by atoms with E-state index in [2.05, 4.69) is 24.4 Å².